The van der Waals surface area contributed by atoms with Crippen molar-refractivity contribution in [1.82, 2.24) is 5.32 Å². The molecule has 1 heteroatoms. The molecule has 0 bridgehead atoms. The third-order valence-electron chi connectivity index (χ3n) is 1.26. The van der Waals surface area contributed by atoms with Crippen LogP contribution in [0.1, 0.15) is 13.8 Å². The van der Waals surface area contributed by atoms with Gasteiger partial charge in [0.15, 0.2) is 0 Å². The average Bonchev–Trinajstić information content (AvgIpc) is 1.82. The minimum Gasteiger partial charge on any atom is -0.316 e. The average molecular weight is 125 g/mol. The highest BCUT2D eigenvalue weighted by Gasteiger charge is 1.89. The highest BCUT2D eigenvalue weighted by Crippen LogP contribution is 2.01. The lowest BCUT2D eigenvalue weighted by Crippen LogP contribution is -2.09. The van der Waals surface area contributed by atoms with Crippen LogP contribution in [0, 0.1) is 0 Å². The van der Waals surface area contributed by atoms with Gasteiger partial charge in [0.05, 0.1) is 0 Å². The van der Waals surface area contributed by atoms with Crippen LogP contribution < -0.4 is 5.32 Å². The molecular formula is C8H15N. The van der Waals surface area contributed by atoms with Gasteiger partial charge < -0.3 is 5.32 Å². The lowest BCUT2D eigenvalue weighted by Gasteiger charge is -2.01. The van der Waals surface area contributed by atoms with E-state index in [4.69, 9.17) is 0 Å². The Hall–Kier alpha value is -0.560. The normalized spacial score (nSPS) is 8.78. The van der Waals surface area contributed by atoms with Gasteiger partial charge in [-0.25, -0.2) is 0 Å². The summed E-state index contributed by atoms with van der Waals surface area (Å²) in [6.45, 7) is 8.81. The van der Waals surface area contributed by atoms with Crippen LogP contribution in [0.5, 0.6) is 0 Å². The second kappa shape index (κ2) is 4.33. The fraction of sp³-hybridized carbons (Fsp3) is 0.500. The number of rotatable bonds is 3. The first-order chi connectivity index (χ1) is 4.22. The molecule has 0 aromatic rings. The molecule has 0 saturated heterocycles. The molecule has 9 heavy (non-hydrogen) atoms. The topological polar surface area (TPSA) is 12.0 Å². The van der Waals surface area contributed by atoms with Gasteiger partial charge in [0.2, 0.25) is 0 Å². The van der Waals surface area contributed by atoms with E-state index in [2.05, 4.69) is 25.7 Å². The van der Waals surface area contributed by atoms with Crippen molar-refractivity contribution in [2.75, 3.05) is 13.6 Å². The van der Waals surface area contributed by atoms with Crippen LogP contribution in [0.25, 0.3) is 0 Å². The Kier molecular flexibility index (Phi) is 4.06. The lowest BCUT2D eigenvalue weighted by atomic mass is 10.1. The molecule has 52 valence electrons. The number of nitrogens with one attached hydrogen (secondary N) is 1. The van der Waals surface area contributed by atoms with Gasteiger partial charge in [-0.15, -0.1) is 0 Å². The maximum Gasteiger partial charge on any atom is 0.0201 e. The Morgan fingerprint density at radius 3 is 2.22 bits per heavy atom. The Labute approximate surface area is 57.5 Å². The summed E-state index contributed by atoms with van der Waals surface area (Å²) in [6, 6.07) is 0. The van der Waals surface area contributed by atoms with Crippen molar-refractivity contribution in [3.8, 4) is 0 Å². The van der Waals surface area contributed by atoms with Crippen molar-refractivity contribution in [3.05, 3.63) is 23.8 Å². The maximum atomic E-state index is 3.70. The first-order valence-electron chi connectivity index (χ1n) is 3.15. The first kappa shape index (κ1) is 8.44. The molecular weight excluding hydrogens is 110 g/mol. The fourth-order valence-corrected chi connectivity index (χ4v) is 0.644. The third kappa shape index (κ3) is 3.09. The van der Waals surface area contributed by atoms with Crippen LogP contribution in [0.3, 0.4) is 0 Å². The second-order valence-corrected chi connectivity index (χ2v) is 2.26. The Balaban J connectivity index is 3.98. The standard InChI is InChI=1S/C8H15N/c1-5-8(6-9-4)7(2)3/h5,9H,1,6H2,2-4H3. The van der Waals surface area contributed by atoms with Crippen LogP contribution in [0.15, 0.2) is 23.8 Å². The summed E-state index contributed by atoms with van der Waals surface area (Å²) in [4.78, 5) is 0. The van der Waals surface area contributed by atoms with Gasteiger partial charge in [0, 0.05) is 6.54 Å². The van der Waals surface area contributed by atoms with E-state index in [-0.39, 0.29) is 0 Å². The molecule has 0 atom stereocenters. The molecule has 0 rings (SSSR count). The predicted octanol–water partition coefficient (Wildman–Crippen LogP) is 1.73. The van der Waals surface area contributed by atoms with Gasteiger partial charge >= 0.3 is 0 Å². The molecule has 0 radical (unpaired) electrons. The smallest absolute Gasteiger partial charge is 0.0201 e. The first-order valence-corrected chi connectivity index (χ1v) is 3.15. The van der Waals surface area contributed by atoms with Gasteiger partial charge in [-0.2, -0.15) is 0 Å². The largest absolute Gasteiger partial charge is 0.316 e. The predicted molar refractivity (Wildman–Crippen MR) is 42.5 cm³/mol. The minimum absolute atomic E-state index is 0.922. The molecule has 0 aliphatic heterocycles. The summed E-state index contributed by atoms with van der Waals surface area (Å²) in [5.41, 5.74) is 2.62. The van der Waals surface area contributed by atoms with Crippen molar-refractivity contribution >= 4 is 0 Å². The molecule has 0 aromatic heterocycles. The summed E-state index contributed by atoms with van der Waals surface area (Å²) >= 11 is 0. The highest BCUT2D eigenvalue weighted by atomic mass is 14.8. The molecule has 0 heterocycles. The lowest BCUT2D eigenvalue weighted by molar-refractivity contribution is 0.886. The molecule has 0 aliphatic rings. The van der Waals surface area contributed by atoms with Gasteiger partial charge in [-0.1, -0.05) is 18.2 Å². The van der Waals surface area contributed by atoms with Gasteiger partial charge in [-0.3, -0.25) is 0 Å². The minimum atomic E-state index is 0.922. The van der Waals surface area contributed by atoms with Crippen molar-refractivity contribution in [2.24, 2.45) is 0 Å². The van der Waals surface area contributed by atoms with E-state index in [0.717, 1.165) is 6.54 Å². The monoisotopic (exact) mass is 125 g/mol. The molecule has 0 saturated carbocycles. The zero-order valence-electron chi connectivity index (χ0n) is 6.49. The van der Waals surface area contributed by atoms with E-state index in [1.165, 1.54) is 11.1 Å². The molecule has 0 aromatic carbocycles. The fourth-order valence-electron chi connectivity index (χ4n) is 0.644. The molecule has 0 spiro atoms. The number of hydrogen-bond donors (Lipinski definition) is 1. The summed E-state index contributed by atoms with van der Waals surface area (Å²) < 4.78 is 0. The zero-order valence-corrected chi connectivity index (χ0v) is 6.49. The van der Waals surface area contributed by atoms with Crippen LogP contribution in [-0.2, 0) is 0 Å². The third-order valence-corrected chi connectivity index (χ3v) is 1.26. The summed E-state index contributed by atoms with van der Waals surface area (Å²) in [5, 5.41) is 3.07. The summed E-state index contributed by atoms with van der Waals surface area (Å²) in [7, 11) is 1.94. The van der Waals surface area contributed by atoms with E-state index in [1.807, 2.05) is 13.1 Å². The van der Waals surface area contributed by atoms with Crippen LogP contribution in [-0.4, -0.2) is 13.6 Å². The van der Waals surface area contributed by atoms with E-state index in [0.29, 0.717) is 0 Å². The molecule has 0 unspecified atom stereocenters. The molecule has 0 aliphatic carbocycles. The number of likely N-dealkylation sites (N-methyl/N-ethyl adjacent to an activating group) is 1. The van der Waals surface area contributed by atoms with Crippen molar-refractivity contribution in [1.29, 1.82) is 0 Å². The summed E-state index contributed by atoms with van der Waals surface area (Å²) in [6.07, 6.45) is 1.89. The Morgan fingerprint density at radius 1 is 1.56 bits per heavy atom. The van der Waals surface area contributed by atoms with Crippen LogP contribution in [0.2, 0.25) is 0 Å². The van der Waals surface area contributed by atoms with E-state index < -0.39 is 0 Å². The van der Waals surface area contributed by atoms with Crippen LogP contribution >= 0.6 is 0 Å². The Bertz CT molecular complexity index is 119. The molecule has 0 fully saturated rings. The van der Waals surface area contributed by atoms with Gasteiger partial charge in [0.25, 0.3) is 0 Å². The Morgan fingerprint density at radius 2 is 2.11 bits per heavy atom. The zero-order chi connectivity index (χ0) is 7.28. The van der Waals surface area contributed by atoms with E-state index >= 15 is 0 Å². The van der Waals surface area contributed by atoms with E-state index in [1.54, 1.807) is 0 Å². The molecule has 1 N–H and O–H groups in total. The SMILES string of the molecule is C=CC(CNC)=C(C)C. The number of allylic oxidation sites excluding steroid dienone is 1. The van der Waals surface area contributed by atoms with Crippen molar-refractivity contribution < 1.29 is 0 Å². The summed E-state index contributed by atoms with van der Waals surface area (Å²) in [5.74, 6) is 0. The number of hydrogen-bond acceptors (Lipinski definition) is 1. The molecule has 0 amide bonds. The molecule has 1 nitrogen and oxygen atoms in total. The van der Waals surface area contributed by atoms with Crippen LogP contribution in [0.4, 0.5) is 0 Å². The van der Waals surface area contributed by atoms with Gasteiger partial charge in [-0.05, 0) is 26.5 Å². The van der Waals surface area contributed by atoms with Crippen molar-refractivity contribution in [3.63, 3.8) is 0 Å². The van der Waals surface area contributed by atoms with Crippen molar-refractivity contribution in [2.45, 2.75) is 13.8 Å². The second-order valence-electron chi connectivity index (χ2n) is 2.26. The highest BCUT2D eigenvalue weighted by molar-refractivity contribution is 5.22. The van der Waals surface area contributed by atoms with E-state index in [9.17, 15) is 0 Å². The maximum absolute atomic E-state index is 3.70. The van der Waals surface area contributed by atoms with Gasteiger partial charge in [0.1, 0.15) is 0 Å². The quantitative estimate of drug-likeness (QED) is 0.566.